The second-order valence-corrected chi connectivity index (χ2v) is 7.35. The van der Waals surface area contributed by atoms with Gasteiger partial charge >= 0.3 is 0 Å². The van der Waals surface area contributed by atoms with Crippen molar-refractivity contribution in [1.29, 1.82) is 0 Å². The fourth-order valence-corrected chi connectivity index (χ4v) is 3.36. The molecule has 7 heteroatoms. The molecule has 0 saturated heterocycles. The van der Waals surface area contributed by atoms with Crippen molar-refractivity contribution in [2.75, 3.05) is 10.0 Å². The average molecular weight is 367 g/mol. The van der Waals surface area contributed by atoms with Gasteiger partial charge in [0.15, 0.2) is 0 Å². The van der Waals surface area contributed by atoms with Crippen LogP contribution in [0, 0.1) is 6.92 Å². The van der Waals surface area contributed by atoms with E-state index in [1.807, 2.05) is 13.0 Å². The number of anilines is 2. The topological polar surface area (TPSA) is 88.2 Å². The van der Waals surface area contributed by atoms with Crippen molar-refractivity contribution in [3.63, 3.8) is 0 Å². The van der Waals surface area contributed by atoms with Crippen LogP contribution in [0.15, 0.2) is 77.8 Å². The largest absolute Gasteiger partial charge is 0.307 e. The van der Waals surface area contributed by atoms with Gasteiger partial charge in [0.1, 0.15) is 5.82 Å². The van der Waals surface area contributed by atoms with Crippen molar-refractivity contribution in [3.8, 4) is 0 Å². The first-order valence-electron chi connectivity index (χ1n) is 7.86. The van der Waals surface area contributed by atoms with Gasteiger partial charge in [-0.2, -0.15) is 0 Å². The molecule has 2 N–H and O–H groups in total. The average Bonchev–Trinajstić information content (AvgIpc) is 2.62. The maximum absolute atomic E-state index is 12.4. The van der Waals surface area contributed by atoms with Gasteiger partial charge < -0.3 is 5.32 Å². The van der Waals surface area contributed by atoms with E-state index in [-0.39, 0.29) is 10.8 Å². The number of hydrogen-bond acceptors (Lipinski definition) is 4. The van der Waals surface area contributed by atoms with E-state index in [1.54, 1.807) is 42.6 Å². The molecule has 3 rings (SSSR count). The van der Waals surface area contributed by atoms with E-state index < -0.39 is 10.0 Å². The Bertz CT molecular complexity index is 1020. The number of nitrogens with zero attached hydrogens (tertiary/aromatic N) is 1. The van der Waals surface area contributed by atoms with Crippen LogP contribution < -0.4 is 10.0 Å². The highest BCUT2D eigenvalue weighted by Gasteiger charge is 2.15. The third kappa shape index (κ3) is 4.25. The number of amides is 1. The van der Waals surface area contributed by atoms with Crippen LogP contribution in [0.1, 0.15) is 15.9 Å². The summed E-state index contributed by atoms with van der Waals surface area (Å²) in [6.45, 7) is 1.90. The number of hydrogen-bond donors (Lipinski definition) is 2. The molecule has 0 aliphatic carbocycles. The molecule has 6 nitrogen and oxygen atoms in total. The molecule has 1 aromatic heterocycles. The van der Waals surface area contributed by atoms with E-state index >= 15 is 0 Å². The molecule has 3 aromatic rings. The van der Waals surface area contributed by atoms with E-state index in [4.69, 9.17) is 0 Å². The van der Waals surface area contributed by atoms with Crippen molar-refractivity contribution in [1.82, 2.24) is 4.98 Å². The van der Waals surface area contributed by atoms with Gasteiger partial charge in [0.25, 0.3) is 15.9 Å². The Hall–Kier alpha value is -3.19. The highest BCUT2D eigenvalue weighted by molar-refractivity contribution is 7.92. The van der Waals surface area contributed by atoms with Crippen molar-refractivity contribution in [2.45, 2.75) is 11.8 Å². The summed E-state index contributed by atoms with van der Waals surface area (Å²) in [6.07, 6.45) is 1.61. The summed E-state index contributed by atoms with van der Waals surface area (Å²) in [5.41, 5.74) is 1.79. The van der Waals surface area contributed by atoms with Crippen LogP contribution in [0.5, 0.6) is 0 Å². The summed E-state index contributed by atoms with van der Waals surface area (Å²) < 4.78 is 27.3. The number of sulfonamides is 1. The molecule has 26 heavy (non-hydrogen) atoms. The number of carbonyl (C=O) groups excluding carboxylic acids is 1. The lowest BCUT2D eigenvalue weighted by molar-refractivity contribution is 0.102. The van der Waals surface area contributed by atoms with Gasteiger partial charge in [-0.15, -0.1) is 0 Å². The van der Waals surface area contributed by atoms with Gasteiger partial charge in [-0.05, 0) is 61.0 Å². The van der Waals surface area contributed by atoms with E-state index in [9.17, 15) is 13.2 Å². The monoisotopic (exact) mass is 367 g/mol. The van der Waals surface area contributed by atoms with Crippen LogP contribution in [0.4, 0.5) is 11.5 Å². The van der Waals surface area contributed by atoms with Gasteiger partial charge in [0.05, 0.1) is 4.90 Å². The number of rotatable bonds is 5. The van der Waals surface area contributed by atoms with Crippen molar-refractivity contribution in [2.24, 2.45) is 0 Å². The van der Waals surface area contributed by atoms with Crippen LogP contribution >= 0.6 is 0 Å². The Morgan fingerprint density at radius 1 is 0.962 bits per heavy atom. The Morgan fingerprint density at radius 2 is 1.65 bits per heavy atom. The quantitative estimate of drug-likeness (QED) is 0.723. The highest BCUT2D eigenvalue weighted by atomic mass is 32.2. The fourth-order valence-electron chi connectivity index (χ4n) is 2.30. The zero-order valence-corrected chi connectivity index (χ0v) is 14.8. The Balaban J connectivity index is 1.74. The zero-order valence-electron chi connectivity index (χ0n) is 14.0. The zero-order chi connectivity index (χ0) is 18.6. The van der Waals surface area contributed by atoms with Gasteiger partial charge in [-0.3, -0.25) is 9.52 Å². The molecule has 0 aliphatic rings. The third-order valence-electron chi connectivity index (χ3n) is 3.61. The first-order chi connectivity index (χ1) is 12.4. The number of aromatic nitrogens is 1. The number of aryl methyl sites for hydroxylation is 1. The van der Waals surface area contributed by atoms with E-state index in [0.717, 1.165) is 5.56 Å². The number of para-hydroxylation sites is 1. The second kappa shape index (κ2) is 7.37. The highest BCUT2D eigenvalue weighted by Crippen LogP contribution is 2.17. The van der Waals surface area contributed by atoms with Crippen molar-refractivity contribution >= 4 is 27.4 Å². The molecule has 0 saturated carbocycles. The lowest BCUT2D eigenvalue weighted by Crippen LogP contribution is -2.15. The van der Waals surface area contributed by atoms with Gasteiger partial charge in [-0.1, -0.05) is 18.2 Å². The number of benzene rings is 2. The Morgan fingerprint density at radius 3 is 2.31 bits per heavy atom. The smallest absolute Gasteiger partial charge is 0.261 e. The summed E-state index contributed by atoms with van der Waals surface area (Å²) >= 11 is 0. The molecule has 0 fully saturated rings. The fraction of sp³-hybridized carbons (Fsp3) is 0.0526. The van der Waals surface area contributed by atoms with E-state index in [1.165, 1.54) is 24.3 Å². The minimum absolute atomic E-state index is 0.0755. The van der Waals surface area contributed by atoms with Gasteiger partial charge in [0.2, 0.25) is 0 Å². The van der Waals surface area contributed by atoms with Gasteiger partial charge in [-0.25, -0.2) is 13.4 Å². The van der Waals surface area contributed by atoms with Crippen molar-refractivity contribution in [3.05, 3.63) is 84.1 Å². The summed E-state index contributed by atoms with van der Waals surface area (Å²) in [6, 6.07) is 17.9. The second-order valence-electron chi connectivity index (χ2n) is 5.67. The SMILES string of the molecule is Cc1ccnc(NC(=O)c2ccc(S(=O)(=O)Nc3ccccc3)cc2)c1. The summed E-state index contributed by atoms with van der Waals surface area (Å²) in [7, 11) is -3.71. The maximum atomic E-state index is 12.4. The molecule has 0 atom stereocenters. The third-order valence-corrected chi connectivity index (χ3v) is 5.01. The summed E-state index contributed by atoms with van der Waals surface area (Å²) in [4.78, 5) is 16.4. The first-order valence-corrected chi connectivity index (χ1v) is 9.34. The molecule has 1 amide bonds. The predicted octanol–water partition coefficient (Wildman–Crippen LogP) is 3.44. The van der Waals surface area contributed by atoms with Crippen LogP contribution in [0.3, 0.4) is 0 Å². The minimum atomic E-state index is -3.71. The number of nitrogens with one attached hydrogen (secondary N) is 2. The Labute approximate surface area is 152 Å². The number of pyridine rings is 1. The minimum Gasteiger partial charge on any atom is -0.307 e. The van der Waals surface area contributed by atoms with Gasteiger partial charge in [0, 0.05) is 17.4 Å². The summed E-state index contributed by atoms with van der Waals surface area (Å²) in [5.74, 6) is 0.0838. The standard InChI is InChI=1S/C19H17N3O3S/c1-14-11-12-20-18(13-14)21-19(23)15-7-9-17(10-8-15)26(24,25)22-16-5-3-2-4-6-16/h2-13,22H,1H3,(H,20,21,23). The molecule has 0 aliphatic heterocycles. The normalized spacial score (nSPS) is 11.0. The maximum Gasteiger partial charge on any atom is 0.261 e. The Kier molecular flexibility index (Phi) is 4.99. The molecule has 0 radical (unpaired) electrons. The molecule has 0 spiro atoms. The van der Waals surface area contributed by atoms with Crippen LogP contribution in [0.2, 0.25) is 0 Å². The molecular weight excluding hydrogens is 350 g/mol. The first kappa shape index (κ1) is 17.6. The van der Waals surface area contributed by atoms with E-state index in [0.29, 0.717) is 17.1 Å². The molecule has 2 aromatic carbocycles. The van der Waals surface area contributed by atoms with Crippen molar-refractivity contribution < 1.29 is 13.2 Å². The van der Waals surface area contributed by atoms with E-state index in [2.05, 4.69) is 15.0 Å². The number of carbonyl (C=O) groups is 1. The molecule has 0 unspecified atom stereocenters. The summed E-state index contributed by atoms with van der Waals surface area (Å²) in [5, 5.41) is 2.68. The van der Waals surface area contributed by atoms with Crippen LogP contribution in [0.25, 0.3) is 0 Å². The predicted molar refractivity (Wildman–Crippen MR) is 101 cm³/mol. The molecule has 1 heterocycles. The molecular formula is C19H17N3O3S. The lowest BCUT2D eigenvalue weighted by atomic mass is 10.2. The molecule has 0 bridgehead atoms. The molecule has 132 valence electrons. The van der Waals surface area contributed by atoms with Crippen LogP contribution in [-0.4, -0.2) is 19.3 Å². The van der Waals surface area contributed by atoms with Crippen LogP contribution in [-0.2, 0) is 10.0 Å². The lowest BCUT2D eigenvalue weighted by Gasteiger charge is -2.09.